The van der Waals surface area contributed by atoms with Crippen LogP contribution in [0.5, 0.6) is 11.5 Å². The number of fused-ring (bicyclic) bond motifs is 1. The third-order valence-corrected chi connectivity index (χ3v) is 5.04. The lowest BCUT2D eigenvalue weighted by Crippen LogP contribution is -2.41. The molecule has 8 heteroatoms. The molecule has 2 heterocycles. The first-order valence-corrected chi connectivity index (χ1v) is 9.59. The Kier molecular flexibility index (Phi) is 5.62. The SMILES string of the molecule is O=C(CN1CCC[C@H]1c1ccc2c(c1)OCCO2)NC(=O)Nc1ccccc1F. The van der Waals surface area contributed by atoms with E-state index in [1.165, 1.54) is 18.2 Å². The summed E-state index contributed by atoms with van der Waals surface area (Å²) in [6.45, 7) is 1.88. The number of carbonyl (C=O) groups excluding carboxylic acids is 2. The van der Waals surface area contributed by atoms with Gasteiger partial charge in [-0.3, -0.25) is 15.0 Å². The summed E-state index contributed by atoms with van der Waals surface area (Å²) in [6, 6.07) is 10.9. The Bertz CT molecular complexity index is 921. The largest absolute Gasteiger partial charge is 0.486 e. The molecule has 3 amide bonds. The summed E-state index contributed by atoms with van der Waals surface area (Å²) in [4.78, 5) is 26.4. The monoisotopic (exact) mass is 399 g/mol. The Morgan fingerprint density at radius 2 is 1.90 bits per heavy atom. The second-order valence-electron chi connectivity index (χ2n) is 7.01. The maximum atomic E-state index is 13.6. The number of nitrogens with one attached hydrogen (secondary N) is 2. The van der Waals surface area contributed by atoms with Crippen molar-refractivity contribution in [3.63, 3.8) is 0 Å². The van der Waals surface area contributed by atoms with Crippen LogP contribution in [0.1, 0.15) is 24.4 Å². The molecule has 0 radical (unpaired) electrons. The van der Waals surface area contributed by atoms with Crippen molar-refractivity contribution >= 4 is 17.6 Å². The number of carbonyl (C=O) groups is 2. The number of likely N-dealkylation sites (tertiary alicyclic amines) is 1. The number of benzene rings is 2. The standard InChI is InChI=1S/C21H22FN3O4/c22-15-4-1-2-5-16(15)23-21(27)24-20(26)13-25-9-3-6-17(25)14-7-8-18-19(12-14)29-11-10-28-18/h1-2,4-5,7-8,12,17H,3,6,9-11,13H2,(H2,23,24,26,27)/t17-/m0/s1. The molecular weight excluding hydrogens is 377 g/mol. The predicted molar refractivity (Wildman–Crippen MR) is 105 cm³/mol. The highest BCUT2D eigenvalue weighted by Gasteiger charge is 2.29. The molecule has 4 rings (SSSR count). The van der Waals surface area contributed by atoms with Crippen molar-refractivity contribution in [1.82, 2.24) is 10.2 Å². The van der Waals surface area contributed by atoms with Gasteiger partial charge >= 0.3 is 6.03 Å². The fraction of sp³-hybridized carbons (Fsp3) is 0.333. The van der Waals surface area contributed by atoms with Gasteiger partial charge in [-0.1, -0.05) is 18.2 Å². The quantitative estimate of drug-likeness (QED) is 0.826. The average Bonchev–Trinajstić information content (AvgIpc) is 3.17. The van der Waals surface area contributed by atoms with Crippen molar-refractivity contribution in [2.45, 2.75) is 18.9 Å². The molecule has 2 aromatic carbocycles. The van der Waals surface area contributed by atoms with E-state index in [1.807, 2.05) is 23.1 Å². The molecule has 152 valence electrons. The first-order chi connectivity index (χ1) is 14.1. The van der Waals surface area contributed by atoms with E-state index in [1.54, 1.807) is 6.07 Å². The van der Waals surface area contributed by atoms with Gasteiger partial charge < -0.3 is 14.8 Å². The summed E-state index contributed by atoms with van der Waals surface area (Å²) in [5.41, 5.74) is 1.07. The van der Waals surface area contributed by atoms with Crippen LogP contribution < -0.4 is 20.1 Å². The summed E-state index contributed by atoms with van der Waals surface area (Å²) >= 11 is 0. The Morgan fingerprint density at radius 1 is 1.10 bits per heavy atom. The zero-order valence-corrected chi connectivity index (χ0v) is 15.8. The van der Waals surface area contributed by atoms with Crippen molar-refractivity contribution in [2.24, 2.45) is 0 Å². The van der Waals surface area contributed by atoms with Crippen LogP contribution >= 0.6 is 0 Å². The van der Waals surface area contributed by atoms with Crippen molar-refractivity contribution in [3.8, 4) is 11.5 Å². The van der Waals surface area contributed by atoms with E-state index < -0.39 is 17.8 Å². The topological polar surface area (TPSA) is 79.9 Å². The molecule has 0 saturated carbocycles. The molecule has 1 atom stereocenters. The highest BCUT2D eigenvalue weighted by atomic mass is 19.1. The number of para-hydroxylation sites is 1. The summed E-state index contributed by atoms with van der Waals surface area (Å²) in [5.74, 6) is 0.443. The molecular formula is C21H22FN3O4. The lowest BCUT2D eigenvalue weighted by Gasteiger charge is -2.26. The minimum absolute atomic E-state index is 0.0214. The molecule has 1 saturated heterocycles. The zero-order chi connectivity index (χ0) is 20.2. The predicted octanol–water partition coefficient (Wildman–Crippen LogP) is 3.08. The van der Waals surface area contributed by atoms with Crippen LogP contribution in [0.25, 0.3) is 0 Å². The van der Waals surface area contributed by atoms with Gasteiger partial charge in [-0.15, -0.1) is 0 Å². The highest BCUT2D eigenvalue weighted by molar-refractivity contribution is 6.01. The number of hydrogen-bond donors (Lipinski definition) is 2. The molecule has 2 aliphatic heterocycles. The Balaban J connectivity index is 1.36. The van der Waals surface area contributed by atoms with E-state index in [-0.39, 0.29) is 18.3 Å². The smallest absolute Gasteiger partial charge is 0.326 e. The van der Waals surface area contributed by atoms with Gasteiger partial charge in [-0.2, -0.15) is 0 Å². The number of hydrogen-bond acceptors (Lipinski definition) is 5. The third kappa shape index (κ3) is 4.48. The fourth-order valence-corrected chi connectivity index (χ4v) is 3.73. The number of urea groups is 1. The minimum atomic E-state index is -0.754. The molecule has 0 aliphatic carbocycles. The summed E-state index contributed by atoms with van der Waals surface area (Å²) < 4.78 is 24.8. The fourth-order valence-electron chi connectivity index (χ4n) is 3.73. The van der Waals surface area contributed by atoms with E-state index in [4.69, 9.17) is 9.47 Å². The summed E-state index contributed by atoms with van der Waals surface area (Å²) in [6.07, 6.45) is 1.86. The van der Waals surface area contributed by atoms with E-state index in [2.05, 4.69) is 10.6 Å². The molecule has 0 unspecified atom stereocenters. The molecule has 2 aromatic rings. The van der Waals surface area contributed by atoms with Crippen molar-refractivity contribution < 1.29 is 23.5 Å². The first kappa shape index (κ1) is 19.2. The molecule has 1 fully saturated rings. The number of anilines is 1. The second kappa shape index (κ2) is 8.48. The van der Waals surface area contributed by atoms with Gasteiger partial charge in [0.1, 0.15) is 19.0 Å². The number of nitrogens with zero attached hydrogens (tertiary/aromatic N) is 1. The van der Waals surface area contributed by atoms with Crippen LogP contribution in [0.4, 0.5) is 14.9 Å². The van der Waals surface area contributed by atoms with Crippen LogP contribution in [0.3, 0.4) is 0 Å². The third-order valence-electron chi connectivity index (χ3n) is 5.04. The Labute approximate surface area is 167 Å². The maximum Gasteiger partial charge on any atom is 0.326 e. The number of imide groups is 1. The van der Waals surface area contributed by atoms with Crippen molar-refractivity contribution in [2.75, 3.05) is 31.6 Å². The van der Waals surface area contributed by atoms with Crippen LogP contribution in [0, 0.1) is 5.82 Å². The summed E-state index contributed by atoms with van der Waals surface area (Å²) in [5, 5.41) is 4.61. The van der Waals surface area contributed by atoms with E-state index >= 15 is 0 Å². The van der Waals surface area contributed by atoms with Gasteiger partial charge in [0.05, 0.1) is 12.2 Å². The lowest BCUT2D eigenvalue weighted by molar-refractivity contribution is -0.121. The number of rotatable bonds is 4. The van der Waals surface area contributed by atoms with Gasteiger partial charge in [0, 0.05) is 6.04 Å². The maximum absolute atomic E-state index is 13.6. The molecule has 0 bridgehead atoms. The second-order valence-corrected chi connectivity index (χ2v) is 7.01. The molecule has 0 aromatic heterocycles. The molecule has 2 N–H and O–H groups in total. The summed E-state index contributed by atoms with van der Waals surface area (Å²) in [7, 11) is 0. The molecule has 29 heavy (non-hydrogen) atoms. The van der Waals surface area contributed by atoms with E-state index in [9.17, 15) is 14.0 Å². The normalized spacial score (nSPS) is 18.3. The number of halogens is 1. The first-order valence-electron chi connectivity index (χ1n) is 9.59. The van der Waals surface area contributed by atoms with Gasteiger partial charge in [0.2, 0.25) is 5.91 Å². The molecule has 2 aliphatic rings. The van der Waals surface area contributed by atoms with Crippen molar-refractivity contribution in [1.29, 1.82) is 0 Å². The zero-order valence-electron chi connectivity index (χ0n) is 15.8. The number of ether oxygens (including phenoxy) is 2. The van der Waals surface area contributed by atoms with Gasteiger partial charge in [0.15, 0.2) is 11.5 Å². The molecule has 0 spiro atoms. The Hall–Kier alpha value is -3.13. The van der Waals surface area contributed by atoms with Crippen LogP contribution in [-0.4, -0.2) is 43.1 Å². The van der Waals surface area contributed by atoms with Gasteiger partial charge in [0.25, 0.3) is 0 Å². The Morgan fingerprint density at radius 3 is 2.72 bits per heavy atom. The van der Waals surface area contributed by atoms with Gasteiger partial charge in [-0.25, -0.2) is 9.18 Å². The van der Waals surface area contributed by atoms with Crippen LogP contribution in [-0.2, 0) is 4.79 Å². The molecule has 7 nitrogen and oxygen atoms in total. The van der Waals surface area contributed by atoms with E-state index in [0.29, 0.717) is 19.0 Å². The van der Waals surface area contributed by atoms with E-state index in [0.717, 1.165) is 30.7 Å². The lowest BCUT2D eigenvalue weighted by atomic mass is 10.0. The average molecular weight is 399 g/mol. The van der Waals surface area contributed by atoms with Crippen molar-refractivity contribution in [3.05, 3.63) is 53.8 Å². The minimum Gasteiger partial charge on any atom is -0.486 e. The number of amides is 3. The van der Waals surface area contributed by atoms with Gasteiger partial charge in [-0.05, 0) is 49.2 Å². The van der Waals surface area contributed by atoms with Crippen LogP contribution in [0.15, 0.2) is 42.5 Å². The van der Waals surface area contributed by atoms with Crippen LogP contribution in [0.2, 0.25) is 0 Å². The highest BCUT2D eigenvalue weighted by Crippen LogP contribution is 2.37.